The van der Waals surface area contributed by atoms with Gasteiger partial charge in [-0.05, 0) is 43.2 Å². The van der Waals surface area contributed by atoms with Crippen LogP contribution in [0.25, 0.3) is 0 Å². The Kier molecular flexibility index (Phi) is 8.35. The lowest BCUT2D eigenvalue weighted by atomic mass is 10.1. The average molecular weight is 550 g/mol. The minimum Gasteiger partial charge on any atom is -0.493 e. The summed E-state index contributed by atoms with van der Waals surface area (Å²) in [7, 11) is 4.66. The van der Waals surface area contributed by atoms with E-state index in [1.165, 1.54) is 36.5 Å². The number of likely N-dealkylation sites (tertiary alicyclic amines) is 1. The molecular weight excluding hydrogens is 525 g/mol. The van der Waals surface area contributed by atoms with E-state index in [1.54, 1.807) is 47.7 Å². The van der Waals surface area contributed by atoms with Gasteiger partial charge in [0.05, 0.1) is 43.1 Å². The minimum atomic E-state index is -0.435. The normalized spacial score (nSPS) is 15.1. The number of thiazole rings is 1. The molecule has 0 aliphatic carbocycles. The van der Waals surface area contributed by atoms with Crippen molar-refractivity contribution in [2.45, 2.75) is 18.9 Å². The van der Waals surface area contributed by atoms with Crippen molar-refractivity contribution in [2.75, 3.05) is 39.4 Å². The van der Waals surface area contributed by atoms with Crippen molar-refractivity contribution in [2.24, 2.45) is 0 Å². The van der Waals surface area contributed by atoms with E-state index in [4.69, 9.17) is 37.4 Å². The summed E-state index contributed by atoms with van der Waals surface area (Å²) in [6, 6.07) is 9.72. The van der Waals surface area contributed by atoms with E-state index in [0.717, 1.165) is 12.8 Å². The zero-order valence-electron chi connectivity index (χ0n) is 20.0. The maximum atomic E-state index is 13.8. The Morgan fingerprint density at radius 1 is 1.11 bits per heavy atom. The number of ether oxygens (including phenoxy) is 3. The first-order chi connectivity index (χ1) is 17.4. The minimum absolute atomic E-state index is 0.00380. The summed E-state index contributed by atoms with van der Waals surface area (Å²) in [6.07, 6.45) is 1.78. The van der Waals surface area contributed by atoms with Crippen LogP contribution in [0.3, 0.4) is 0 Å². The second-order valence-corrected chi connectivity index (χ2v) is 9.75. The lowest BCUT2D eigenvalue weighted by Crippen LogP contribution is -2.38. The Hall–Kier alpha value is -2.85. The molecule has 0 saturated carbocycles. The molecule has 4 rings (SSSR count). The highest BCUT2D eigenvalue weighted by Gasteiger charge is 2.32. The Balaban J connectivity index is 1.75. The van der Waals surface area contributed by atoms with Gasteiger partial charge < -0.3 is 19.1 Å². The molecule has 0 radical (unpaired) electrons. The van der Waals surface area contributed by atoms with Crippen LogP contribution in [-0.2, 0) is 4.74 Å². The van der Waals surface area contributed by atoms with Crippen molar-refractivity contribution < 1.29 is 23.8 Å². The van der Waals surface area contributed by atoms with Gasteiger partial charge in [0.2, 0.25) is 0 Å². The Bertz CT molecular complexity index is 1270. The topological polar surface area (TPSA) is 81.2 Å². The molecule has 1 aliphatic rings. The number of rotatable bonds is 8. The van der Waals surface area contributed by atoms with Crippen LogP contribution in [-0.4, -0.2) is 62.2 Å². The number of hydrogen-bond donors (Lipinski definition) is 0. The largest absolute Gasteiger partial charge is 0.493 e. The molecule has 2 heterocycles. The number of amides is 2. The van der Waals surface area contributed by atoms with Crippen LogP contribution in [0.4, 0.5) is 10.8 Å². The summed E-state index contributed by atoms with van der Waals surface area (Å²) in [5, 5.41) is 2.58. The molecule has 2 aromatic carbocycles. The monoisotopic (exact) mass is 549 g/mol. The Labute approximate surface area is 223 Å². The summed E-state index contributed by atoms with van der Waals surface area (Å²) in [5.74, 6) is 0.311. The fourth-order valence-corrected chi connectivity index (χ4v) is 5.45. The third kappa shape index (κ3) is 5.29. The third-order valence-corrected chi connectivity index (χ3v) is 7.26. The van der Waals surface area contributed by atoms with E-state index in [-0.39, 0.29) is 28.2 Å². The van der Waals surface area contributed by atoms with Crippen LogP contribution < -0.4 is 14.4 Å². The van der Waals surface area contributed by atoms with Crippen LogP contribution in [0, 0.1) is 0 Å². The van der Waals surface area contributed by atoms with Gasteiger partial charge in [-0.3, -0.25) is 14.5 Å². The number of methoxy groups -OCH3 is 3. The molecular formula is C25H25Cl2N3O5S. The molecule has 1 fully saturated rings. The van der Waals surface area contributed by atoms with Gasteiger partial charge in [-0.2, -0.15) is 0 Å². The van der Waals surface area contributed by atoms with Gasteiger partial charge in [0.1, 0.15) is 5.69 Å². The zero-order chi connectivity index (χ0) is 25.8. The summed E-state index contributed by atoms with van der Waals surface area (Å²) >= 11 is 13.6. The molecule has 8 nitrogen and oxygen atoms in total. The predicted octanol–water partition coefficient (Wildman–Crippen LogP) is 5.70. The number of aromatic nitrogens is 1. The van der Waals surface area contributed by atoms with Crippen molar-refractivity contribution in [3.63, 3.8) is 0 Å². The van der Waals surface area contributed by atoms with Crippen molar-refractivity contribution in [1.29, 1.82) is 0 Å². The zero-order valence-corrected chi connectivity index (χ0v) is 22.3. The summed E-state index contributed by atoms with van der Waals surface area (Å²) in [6.45, 7) is 1.10. The van der Waals surface area contributed by atoms with E-state index in [2.05, 4.69) is 4.98 Å². The summed E-state index contributed by atoms with van der Waals surface area (Å²) in [5.41, 5.74) is 0.965. The lowest BCUT2D eigenvalue weighted by Gasteiger charge is -2.23. The number of benzene rings is 2. The third-order valence-electron chi connectivity index (χ3n) is 5.89. The van der Waals surface area contributed by atoms with Crippen LogP contribution >= 0.6 is 34.5 Å². The van der Waals surface area contributed by atoms with E-state index in [9.17, 15) is 9.59 Å². The average Bonchev–Trinajstić information content (AvgIpc) is 3.54. The number of carbonyl (C=O) groups excluding carboxylic acids is 2. The van der Waals surface area contributed by atoms with E-state index in [1.807, 2.05) is 0 Å². The highest BCUT2D eigenvalue weighted by atomic mass is 35.5. The second kappa shape index (κ2) is 11.5. The van der Waals surface area contributed by atoms with Crippen molar-refractivity contribution in [3.05, 3.63) is 63.1 Å². The number of carbonyl (C=O) groups is 2. The first-order valence-corrected chi connectivity index (χ1v) is 12.8. The second-order valence-electron chi connectivity index (χ2n) is 8.07. The number of halogens is 2. The van der Waals surface area contributed by atoms with Gasteiger partial charge in [-0.15, -0.1) is 11.3 Å². The maximum Gasteiger partial charge on any atom is 0.273 e. The highest BCUT2D eigenvalue weighted by molar-refractivity contribution is 7.14. The fourth-order valence-electron chi connectivity index (χ4n) is 4.14. The van der Waals surface area contributed by atoms with Crippen LogP contribution in [0.1, 0.15) is 33.7 Å². The van der Waals surface area contributed by atoms with Gasteiger partial charge in [0, 0.05) is 30.1 Å². The number of anilines is 2. The van der Waals surface area contributed by atoms with Gasteiger partial charge in [-0.1, -0.05) is 23.2 Å². The molecule has 0 bridgehead atoms. The standard InChI is InChI=1S/C25H25Cl2N3O5S/c1-33-13-17-5-4-10-29(17)24(32)20-14-36-25(28-20)30(16-7-9-21(34-2)22(12-16)35-3)23(31)18-8-6-15(26)11-19(18)27/h6-9,11-12,14,17H,4-5,10,13H2,1-3H3/t17-/m0/s1. The van der Waals surface area contributed by atoms with Crippen LogP contribution in [0.2, 0.25) is 10.0 Å². The van der Waals surface area contributed by atoms with E-state index >= 15 is 0 Å². The molecule has 0 spiro atoms. The lowest BCUT2D eigenvalue weighted by molar-refractivity contribution is 0.0625. The smallest absolute Gasteiger partial charge is 0.273 e. The van der Waals surface area contributed by atoms with Crippen LogP contribution in [0.5, 0.6) is 11.5 Å². The van der Waals surface area contributed by atoms with Gasteiger partial charge in [0.15, 0.2) is 16.6 Å². The Morgan fingerprint density at radius 2 is 1.89 bits per heavy atom. The highest BCUT2D eigenvalue weighted by Crippen LogP contribution is 2.38. The molecule has 0 N–H and O–H groups in total. The number of hydrogen-bond acceptors (Lipinski definition) is 7. The van der Waals surface area contributed by atoms with Crippen molar-refractivity contribution >= 4 is 57.2 Å². The number of nitrogens with zero attached hydrogens (tertiary/aromatic N) is 3. The predicted molar refractivity (Wildman–Crippen MR) is 141 cm³/mol. The van der Waals surface area contributed by atoms with E-state index < -0.39 is 5.91 Å². The molecule has 3 aromatic rings. The van der Waals surface area contributed by atoms with Gasteiger partial charge in [-0.25, -0.2) is 4.98 Å². The van der Waals surface area contributed by atoms with Gasteiger partial charge in [0.25, 0.3) is 11.8 Å². The van der Waals surface area contributed by atoms with Crippen molar-refractivity contribution in [3.8, 4) is 11.5 Å². The Morgan fingerprint density at radius 3 is 2.58 bits per heavy atom. The molecule has 1 aliphatic heterocycles. The van der Waals surface area contributed by atoms with E-state index in [0.29, 0.717) is 40.5 Å². The quantitative estimate of drug-likeness (QED) is 0.358. The van der Waals surface area contributed by atoms with Crippen molar-refractivity contribution in [1.82, 2.24) is 9.88 Å². The first kappa shape index (κ1) is 26.2. The SMILES string of the molecule is COC[C@@H]1CCCN1C(=O)c1csc(N(C(=O)c2ccc(Cl)cc2Cl)c2ccc(OC)c(OC)c2)n1. The summed E-state index contributed by atoms with van der Waals surface area (Å²) < 4.78 is 16.1. The molecule has 1 atom stereocenters. The molecule has 0 unspecified atom stereocenters. The fraction of sp³-hybridized carbons (Fsp3) is 0.320. The maximum absolute atomic E-state index is 13.8. The molecule has 36 heavy (non-hydrogen) atoms. The molecule has 190 valence electrons. The molecule has 1 saturated heterocycles. The van der Waals surface area contributed by atoms with Gasteiger partial charge >= 0.3 is 0 Å². The molecule has 2 amide bonds. The first-order valence-electron chi connectivity index (χ1n) is 11.1. The van der Waals surface area contributed by atoms with Crippen LogP contribution in [0.15, 0.2) is 41.8 Å². The molecule has 11 heteroatoms. The summed E-state index contributed by atoms with van der Waals surface area (Å²) in [4.78, 5) is 34.8. The molecule has 1 aromatic heterocycles.